The van der Waals surface area contributed by atoms with Crippen LogP contribution in [0, 0.1) is 5.95 Å². The highest BCUT2D eigenvalue weighted by molar-refractivity contribution is 6.35. The van der Waals surface area contributed by atoms with E-state index in [1.165, 1.54) is 6.20 Å². The second-order valence-electron chi connectivity index (χ2n) is 4.88. The van der Waals surface area contributed by atoms with E-state index in [1.807, 2.05) is 0 Å². The van der Waals surface area contributed by atoms with Gasteiger partial charge in [0.1, 0.15) is 0 Å². The number of benzene rings is 2. The molecule has 3 aromatic rings. The molecule has 6 heteroatoms. The summed E-state index contributed by atoms with van der Waals surface area (Å²) >= 11 is 24.0. The molecule has 0 aliphatic heterocycles. The van der Waals surface area contributed by atoms with Crippen LogP contribution in [0.1, 0.15) is 0 Å². The number of rotatable bonds is 2. The van der Waals surface area contributed by atoms with E-state index in [1.54, 1.807) is 42.5 Å². The van der Waals surface area contributed by atoms with Crippen LogP contribution in [0.25, 0.3) is 22.3 Å². The Morgan fingerprint density at radius 2 is 1.09 bits per heavy atom. The van der Waals surface area contributed by atoms with Crippen molar-refractivity contribution >= 4 is 46.4 Å². The number of hydrogen-bond donors (Lipinski definition) is 0. The van der Waals surface area contributed by atoms with E-state index in [2.05, 4.69) is 4.98 Å². The minimum absolute atomic E-state index is 0.294. The van der Waals surface area contributed by atoms with Crippen LogP contribution >= 0.6 is 46.4 Å². The highest BCUT2D eigenvalue weighted by Crippen LogP contribution is 2.33. The number of pyridine rings is 1. The summed E-state index contributed by atoms with van der Waals surface area (Å²) in [6.45, 7) is 0. The van der Waals surface area contributed by atoms with E-state index >= 15 is 0 Å². The Bertz CT molecular complexity index is 855. The molecule has 1 heterocycles. The van der Waals surface area contributed by atoms with Crippen LogP contribution in [0.3, 0.4) is 0 Å². The van der Waals surface area contributed by atoms with Crippen LogP contribution in [0.15, 0.2) is 48.7 Å². The van der Waals surface area contributed by atoms with Crippen LogP contribution in [-0.2, 0) is 0 Å². The summed E-state index contributed by atoms with van der Waals surface area (Å²) < 4.78 is 14.1. The summed E-state index contributed by atoms with van der Waals surface area (Å²) in [6.07, 6.45) is 1.42. The maximum absolute atomic E-state index is 14.1. The maximum Gasteiger partial charge on any atom is 0.220 e. The van der Waals surface area contributed by atoms with Gasteiger partial charge < -0.3 is 0 Å². The minimum Gasteiger partial charge on any atom is -0.227 e. The molecule has 116 valence electrons. The van der Waals surface area contributed by atoms with Crippen molar-refractivity contribution in [3.63, 3.8) is 0 Å². The molecule has 1 aromatic heterocycles. The first-order chi connectivity index (χ1) is 10.9. The summed E-state index contributed by atoms with van der Waals surface area (Å²) in [5, 5.41) is 1.82. The molecule has 0 fully saturated rings. The summed E-state index contributed by atoms with van der Waals surface area (Å²) in [5.74, 6) is -0.611. The van der Waals surface area contributed by atoms with Gasteiger partial charge in [-0.25, -0.2) is 4.98 Å². The Kier molecular flexibility index (Phi) is 4.79. The third-order valence-corrected chi connectivity index (χ3v) is 4.08. The fraction of sp³-hybridized carbons (Fsp3) is 0. The Morgan fingerprint density at radius 1 is 0.609 bits per heavy atom. The zero-order valence-corrected chi connectivity index (χ0v) is 14.5. The van der Waals surface area contributed by atoms with Gasteiger partial charge in [0, 0.05) is 37.4 Å². The molecule has 0 N–H and O–H groups in total. The number of aromatic nitrogens is 1. The number of halogens is 5. The summed E-state index contributed by atoms with van der Waals surface area (Å²) in [4.78, 5) is 3.81. The van der Waals surface area contributed by atoms with Gasteiger partial charge in [0.2, 0.25) is 5.95 Å². The lowest BCUT2D eigenvalue weighted by atomic mass is 10.0. The second kappa shape index (κ2) is 6.66. The van der Waals surface area contributed by atoms with Crippen molar-refractivity contribution in [3.05, 3.63) is 74.7 Å². The summed E-state index contributed by atoms with van der Waals surface area (Å²) in [6, 6.07) is 11.6. The molecule has 0 amide bonds. The topological polar surface area (TPSA) is 12.9 Å². The summed E-state index contributed by atoms with van der Waals surface area (Å²) in [7, 11) is 0. The lowest BCUT2D eigenvalue weighted by Crippen LogP contribution is -1.91. The second-order valence-corrected chi connectivity index (χ2v) is 6.62. The molecular formula is C17H8Cl4FN. The van der Waals surface area contributed by atoms with Gasteiger partial charge in [-0.1, -0.05) is 46.4 Å². The fourth-order valence-electron chi connectivity index (χ4n) is 2.24. The molecule has 23 heavy (non-hydrogen) atoms. The largest absolute Gasteiger partial charge is 0.227 e. The Morgan fingerprint density at radius 3 is 1.61 bits per heavy atom. The molecule has 0 bridgehead atoms. The third kappa shape index (κ3) is 3.78. The van der Waals surface area contributed by atoms with Crippen LogP contribution in [0.5, 0.6) is 0 Å². The highest BCUT2D eigenvalue weighted by atomic mass is 35.5. The van der Waals surface area contributed by atoms with Crippen molar-refractivity contribution in [2.45, 2.75) is 0 Å². The molecule has 0 saturated heterocycles. The van der Waals surface area contributed by atoms with E-state index in [0.29, 0.717) is 36.8 Å². The summed E-state index contributed by atoms with van der Waals surface area (Å²) in [5.41, 5.74) is 2.26. The Balaban J connectivity index is 2.16. The quantitative estimate of drug-likeness (QED) is 0.425. The molecule has 3 rings (SSSR count). The zero-order valence-electron chi connectivity index (χ0n) is 11.5. The molecular weight excluding hydrogens is 379 g/mol. The van der Waals surface area contributed by atoms with Gasteiger partial charge in [-0.05, 0) is 53.6 Å². The van der Waals surface area contributed by atoms with E-state index in [9.17, 15) is 4.39 Å². The lowest BCUT2D eigenvalue weighted by molar-refractivity contribution is 0.588. The van der Waals surface area contributed by atoms with Crippen LogP contribution < -0.4 is 0 Å². The highest BCUT2D eigenvalue weighted by Gasteiger charge is 2.11. The van der Waals surface area contributed by atoms with Gasteiger partial charge >= 0.3 is 0 Å². The maximum atomic E-state index is 14.1. The van der Waals surface area contributed by atoms with E-state index in [-0.39, 0.29) is 0 Å². The van der Waals surface area contributed by atoms with E-state index < -0.39 is 5.95 Å². The fourth-order valence-corrected chi connectivity index (χ4v) is 3.29. The average molecular weight is 387 g/mol. The molecule has 2 aromatic carbocycles. The lowest BCUT2D eigenvalue weighted by Gasteiger charge is -2.08. The average Bonchev–Trinajstić information content (AvgIpc) is 2.45. The van der Waals surface area contributed by atoms with Crippen molar-refractivity contribution in [2.24, 2.45) is 0 Å². The van der Waals surface area contributed by atoms with Crippen molar-refractivity contribution in [1.29, 1.82) is 0 Å². The van der Waals surface area contributed by atoms with Crippen molar-refractivity contribution in [2.75, 3.05) is 0 Å². The predicted molar refractivity (Wildman–Crippen MR) is 95.1 cm³/mol. The predicted octanol–water partition coefficient (Wildman–Crippen LogP) is 7.17. The number of hydrogen-bond acceptors (Lipinski definition) is 1. The minimum atomic E-state index is -0.611. The van der Waals surface area contributed by atoms with Crippen molar-refractivity contribution < 1.29 is 4.39 Å². The van der Waals surface area contributed by atoms with Gasteiger partial charge in [-0.2, -0.15) is 4.39 Å². The molecule has 0 atom stereocenters. The van der Waals surface area contributed by atoms with Crippen molar-refractivity contribution in [3.8, 4) is 22.3 Å². The normalized spacial score (nSPS) is 10.8. The van der Waals surface area contributed by atoms with E-state index in [0.717, 1.165) is 5.56 Å². The molecule has 0 unspecified atom stereocenters. The van der Waals surface area contributed by atoms with Crippen LogP contribution in [0.4, 0.5) is 4.39 Å². The first-order valence-corrected chi connectivity index (χ1v) is 8.02. The standard InChI is InChI=1S/C17H8Cl4FN/c18-12-1-9(2-13(19)6-12)11-5-16(17(22)23-8-11)10-3-14(20)7-15(21)4-10/h1-8H. The third-order valence-electron chi connectivity index (χ3n) is 3.21. The molecule has 0 aliphatic carbocycles. The van der Waals surface area contributed by atoms with Gasteiger partial charge in [0.25, 0.3) is 0 Å². The van der Waals surface area contributed by atoms with Crippen LogP contribution in [-0.4, -0.2) is 4.98 Å². The Hall–Kier alpha value is -1.32. The first kappa shape index (κ1) is 16.5. The molecule has 0 spiro atoms. The van der Waals surface area contributed by atoms with E-state index in [4.69, 9.17) is 46.4 Å². The van der Waals surface area contributed by atoms with Crippen molar-refractivity contribution in [1.82, 2.24) is 4.98 Å². The molecule has 1 nitrogen and oxygen atoms in total. The Labute approximate surface area is 152 Å². The monoisotopic (exact) mass is 385 g/mol. The SMILES string of the molecule is Fc1ncc(-c2cc(Cl)cc(Cl)c2)cc1-c1cc(Cl)cc(Cl)c1. The van der Waals surface area contributed by atoms with Gasteiger partial charge in [-0.3, -0.25) is 0 Å². The van der Waals surface area contributed by atoms with Crippen LogP contribution in [0.2, 0.25) is 20.1 Å². The zero-order chi connectivity index (χ0) is 16.6. The van der Waals surface area contributed by atoms with Gasteiger partial charge in [-0.15, -0.1) is 0 Å². The molecule has 0 aliphatic rings. The first-order valence-electron chi connectivity index (χ1n) is 6.51. The smallest absolute Gasteiger partial charge is 0.220 e. The number of nitrogens with zero attached hydrogens (tertiary/aromatic N) is 1. The molecule has 0 radical (unpaired) electrons. The molecule has 0 saturated carbocycles. The van der Waals surface area contributed by atoms with Gasteiger partial charge in [0.05, 0.1) is 0 Å². The van der Waals surface area contributed by atoms with Gasteiger partial charge in [0.15, 0.2) is 0 Å².